The Balaban J connectivity index is 1.84. The first-order valence-electron chi connectivity index (χ1n) is 6.89. The molecule has 0 aromatic heterocycles. The number of aliphatic hydroxyl groups is 1. The predicted molar refractivity (Wildman–Crippen MR) is 77.5 cm³/mol. The van der Waals surface area contributed by atoms with Crippen LogP contribution in [0.1, 0.15) is 30.9 Å². The van der Waals surface area contributed by atoms with Gasteiger partial charge < -0.3 is 14.7 Å². The highest BCUT2D eigenvalue weighted by atomic mass is 35.5. The van der Waals surface area contributed by atoms with Crippen molar-refractivity contribution in [2.24, 2.45) is 0 Å². The summed E-state index contributed by atoms with van der Waals surface area (Å²) in [5.41, 5.74) is 0.792. The Morgan fingerprint density at radius 2 is 2.21 bits per heavy atom. The lowest BCUT2D eigenvalue weighted by molar-refractivity contribution is -0.00794. The van der Waals surface area contributed by atoms with E-state index in [1.165, 1.54) is 12.8 Å². The first-order valence-corrected chi connectivity index (χ1v) is 7.27. The maximum absolute atomic E-state index is 10.2. The van der Waals surface area contributed by atoms with Crippen molar-refractivity contribution in [1.29, 1.82) is 0 Å². The molecule has 1 fully saturated rings. The van der Waals surface area contributed by atoms with Gasteiger partial charge in [-0.05, 0) is 32.4 Å². The standard InChI is InChI=1S/C15H22ClNO2/c1-17(10-12-6-4-5-9-19-12)11-15(18)13-7-2-3-8-14(13)16/h2-3,7-8,12,15,18H,4-6,9-11H2,1H3. The van der Waals surface area contributed by atoms with Crippen molar-refractivity contribution in [3.63, 3.8) is 0 Å². The van der Waals surface area contributed by atoms with Crippen molar-refractivity contribution in [2.45, 2.75) is 31.5 Å². The van der Waals surface area contributed by atoms with E-state index in [0.717, 1.165) is 25.1 Å². The minimum Gasteiger partial charge on any atom is -0.387 e. The van der Waals surface area contributed by atoms with Crippen molar-refractivity contribution >= 4 is 11.6 Å². The van der Waals surface area contributed by atoms with Crippen LogP contribution in [0.25, 0.3) is 0 Å². The third-order valence-electron chi connectivity index (χ3n) is 3.54. The molecule has 106 valence electrons. The van der Waals surface area contributed by atoms with Crippen LogP contribution in [0.2, 0.25) is 5.02 Å². The van der Waals surface area contributed by atoms with Gasteiger partial charge in [0.15, 0.2) is 0 Å². The van der Waals surface area contributed by atoms with Crippen LogP contribution in [0, 0.1) is 0 Å². The number of benzene rings is 1. The molecular weight excluding hydrogens is 262 g/mol. The maximum Gasteiger partial charge on any atom is 0.0931 e. The fourth-order valence-electron chi connectivity index (χ4n) is 2.51. The summed E-state index contributed by atoms with van der Waals surface area (Å²) in [5, 5.41) is 10.9. The van der Waals surface area contributed by atoms with Crippen molar-refractivity contribution in [3.8, 4) is 0 Å². The van der Waals surface area contributed by atoms with Gasteiger partial charge in [0.25, 0.3) is 0 Å². The number of aliphatic hydroxyl groups excluding tert-OH is 1. The Morgan fingerprint density at radius 1 is 1.42 bits per heavy atom. The summed E-state index contributed by atoms with van der Waals surface area (Å²) in [6.45, 7) is 2.30. The molecule has 2 unspecified atom stereocenters. The van der Waals surface area contributed by atoms with E-state index in [1.807, 2.05) is 31.3 Å². The Hall–Kier alpha value is -0.610. The van der Waals surface area contributed by atoms with Crippen LogP contribution < -0.4 is 0 Å². The molecule has 1 aromatic rings. The zero-order chi connectivity index (χ0) is 13.7. The van der Waals surface area contributed by atoms with Crippen LogP contribution in [-0.4, -0.2) is 42.9 Å². The van der Waals surface area contributed by atoms with E-state index < -0.39 is 6.10 Å². The molecule has 0 amide bonds. The minimum atomic E-state index is -0.553. The molecule has 1 aliphatic heterocycles. The zero-order valence-electron chi connectivity index (χ0n) is 11.4. The smallest absolute Gasteiger partial charge is 0.0931 e. The van der Waals surface area contributed by atoms with Gasteiger partial charge >= 0.3 is 0 Å². The molecule has 3 nitrogen and oxygen atoms in total. The van der Waals surface area contributed by atoms with Gasteiger partial charge in [-0.1, -0.05) is 29.8 Å². The van der Waals surface area contributed by atoms with Crippen LogP contribution in [0.5, 0.6) is 0 Å². The first kappa shape index (κ1) is 14.8. The molecule has 0 saturated carbocycles. The van der Waals surface area contributed by atoms with Crippen molar-refractivity contribution in [3.05, 3.63) is 34.9 Å². The molecule has 1 aromatic carbocycles. The number of hydrogen-bond donors (Lipinski definition) is 1. The lowest BCUT2D eigenvalue weighted by atomic mass is 10.1. The van der Waals surface area contributed by atoms with Crippen molar-refractivity contribution in [1.82, 2.24) is 4.90 Å². The molecule has 4 heteroatoms. The molecule has 0 radical (unpaired) electrons. The second kappa shape index (κ2) is 7.25. The normalized spacial score (nSPS) is 21.6. The summed E-state index contributed by atoms with van der Waals surface area (Å²) >= 11 is 6.09. The van der Waals surface area contributed by atoms with Gasteiger partial charge in [-0.15, -0.1) is 0 Å². The van der Waals surface area contributed by atoms with Gasteiger partial charge in [0, 0.05) is 30.3 Å². The maximum atomic E-state index is 10.2. The van der Waals surface area contributed by atoms with Crippen LogP contribution in [-0.2, 0) is 4.74 Å². The molecule has 0 aliphatic carbocycles. The van der Waals surface area contributed by atoms with Crippen LogP contribution >= 0.6 is 11.6 Å². The second-order valence-corrected chi connectivity index (χ2v) is 5.65. The number of rotatable bonds is 5. The van der Waals surface area contributed by atoms with Gasteiger partial charge in [-0.25, -0.2) is 0 Å². The van der Waals surface area contributed by atoms with E-state index in [-0.39, 0.29) is 0 Å². The van der Waals surface area contributed by atoms with Gasteiger partial charge in [-0.2, -0.15) is 0 Å². The number of ether oxygens (including phenoxy) is 1. The highest BCUT2D eigenvalue weighted by Gasteiger charge is 2.18. The summed E-state index contributed by atoms with van der Waals surface area (Å²) in [6.07, 6.45) is 3.28. The quantitative estimate of drug-likeness (QED) is 0.902. The molecule has 0 bridgehead atoms. The van der Waals surface area contributed by atoms with Gasteiger partial charge in [0.1, 0.15) is 0 Å². The highest BCUT2D eigenvalue weighted by Crippen LogP contribution is 2.23. The molecule has 1 saturated heterocycles. The SMILES string of the molecule is CN(CC1CCCCO1)CC(O)c1ccccc1Cl. The second-order valence-electron chi connectivity index (χ2n) is 5.25. The summed E-state index contributed by atoms with van der Waals surface area (Å²) in [4.78, 5) is 2.12. The van der Waals surface area contributed by atoms with Gasteiger partial charge in [-0.3, -0.25) is 0 Å². The van der Waals surface area contributed by atoms with E-state index in [1.54, 1.807) is 0 Å². The molecule has 2 atom stereocenters. The Labute approximate surface area is 120 Å². The van der Waals surface area contributed by atoms with E-state index in [0.29, 0.717) is 17.7 Å². The van der Waals surface area contributed by atoms with E-state index in [4.69, 9.17) is 16.3 Å². The minimum absolute atomic E-state index is 0.303. The van der Waals surface area contributed by atoms with Crippen LogP contribution in [0.15, 0.2) is 24.3 Å². The summed E-state index contributed by atoms with van der Waals surface area (Å²) in [6, 6.07) is 7.45. The van der Waals surface area contributed by atoms with Gasteiger partial charge in [0.05, 0.1) is 12.2 Å². The molecule has 1 aliphatic rings. The topological polar surface area (TPSA) is 32.7 Å². The third-order valence-corrected chi connectivity index (χ3v) is 3.88. The predicted octanol–water partition coefficient (Wildman–Crippen LogP) is 2.87. The fourth-order valence-corrected chi connectivity index (χ4v) is 2.77. The van der Waals surface area contributed by atoms with Gasteiger partial charge in [0.2, 0.25) is 0 Å². The molecule has 19 heavy (non-hydrogen) atoms. The lowest BCUT2D eigenvalue weighted by Crippen LogP contribution is -2.35. The average Bonchev–Trinajstić information content (AvgIpc) is 2.40. The molecule has 1 heterocycles. The first-order chi connectivity index (χ1) is 9.16. The number of nitrogens with zero attached hydrogens (tertiary/aromatic N) is 1. The Morgan fingerprint density at radius 3 is 2.89 bits per heavy atom. The van der Waals surface area contributed by atoms with Crippen molar-refractivity contribution in [2.75, 3.05) is 26.7 Å². The number of halogens is 1. The van der Waals surface area contributed by atoms with E-state index in [9.17, 15) is 5.11 Å². The molecule has 2 rings (SSSR count). The summed E-state index contributed by atoms with van der Waals surface area (Å²) < 4.78 is 5.71. The molecule has 1 N–H and O–H groups in total. The van der Waals surface area contributed by atoms with Crippen LogP contribution in [0.3, 0.4) is 0 Å². The Bertz CT molecular complexity index is 393. The van der Waals surface area contributed by atoms with E-state index in [2.05, 4.69) is 4.90 Å². The summed E-state index contributed by atoms with van der Waals surface area (Å²) in [5.74, 6) is 0. The van der Waals surface area contributed by atoms with E-state index >= 15 is 0 Å². The summed E-state index contributed by atoms with van der Waals surface area (Å²) in [7, 11) is 2.01. The van der Waals surface area contributed by atoms with Crippen LogP contribution in [0.4, 0.5) is 0 Å². The largest absolute Gasteiger partial charge is 0.387 e. The fraction of sp³-hybridized carbons (Fsp3) is 0.600. The third kappa shape index (κ3) is 4.46. The number of hydrogen-bond acceptors (Lipinski definition) is 3. The average molecular weight is 284 g/mol. The Kier molecular flexibility index (Phi) is 5.64. The van der Waals surface area contributed by atoms with Crippen molar-refractivity contribution < 1.29 is 9.84 Å². The highest BCUT2D eigenvalue weighted by molar-refractivity contribution is 6.31. The lowest BCUT2D eigenvalue weighted by Gasteiger charge is -2.28. The molecule has 0 spiro atoms. The number of likely N-dealkylation sites (N-methyl/N-ethyl adjacent to an activating group) is 1. The monoisotopic (exact) mass is 283 g/mol. The zero-order valence-corrected chi connectivity index (χ0v) is 12.1. The molecular formula is C15H22ClNO2.